The van der Waals surface area contributed by atoms with Crippen LogP contribution in [0.2, 0.25) is 5.02 Å². The van der Waals surface area contributed by atoms with Crippen molar-refractivity contribution in [2.45, 2.75) is 57.2 Å². The molecule has 7 nitrogen and oxygen atoms in total. The number of nitrogens with one attached hydrogen (secondary N) is 3. The zero-order valence-electron chi connectivity index (χ0n) is 18.2. The van der Waals surface area contributed by atoms with E-state index in [0.29, 0.717) is 36.1 Å². The number of rotatable bonds is 10. The number of anilines is 2. The largest absolute Gasteiger partial charge is 0.383 e. The highest BCUT2D eigenvalue weighted by Crippen LogP contribution is 2.30. The molecule has 2 aromatic heterocycles. The molecule has 0 aromatic carbocycles. The van der Waals surface area contributed by atoms with Crippen LogP contribution in [0.1, 0.15) is 39.0 Å². The number of nitrogens with zero attached hydrogens (tertiary/aromatic N) is 3. The molecule has 166 valence electrons. The summed E-state index contributed by atoms with van der Waals surface area (Å²) in [6, 6.07) is 11.1. The Hall–Kier alpha value is -2.40. The van der Waals surface area contributed by atoms with Gasteiger partial charge in [0.1, 0.15) is 11.6 Å². The van der Waals surface area contributed by atoms with Crippen molar-refractivity contribution < 1.29 is 4.74 Å². The first-order chi connectivity index (χ1) is 15.1. The van der Waals surface area contributed by atoms with Gasteiger partial charge in [0.2, 0.25) is 0 Å². The normalized spacial score (nSPS) is 19.4. The van der Waals surface area contributed by atoms with Crippen molar-refractivity contribution in [2.75, 3.05) is 30.9 Å². The van der Waals surface area contributed by atoms with Gasteiger partial charge < -0.3 is 20.7 Å². The van der Waals surface area contributed by atoms with Gasteiger partial charge in [0, 0.05) is 43.5 Å². The number of halogens is 1. The van der Waals surface area contributed by atoms with Crippen molar-refractivity contribution in [1.82, 2.24) is 15.3 Å². The van der Waals surface area contributed by atoms with Crippen molar-refractivity contribution in [1.29, 1.82) is 5.26 Å². The molecule has 0 amide bonds. The third-order valence-electron chi connectivity index (χ3n) is 5.44. The van der Waals surface area contributed by atoms with Gasteiger partial charge in [0.15, 0.2) is 0 Å². The predicted octanol–water partition coefficient (Wildman–Crippen LogP) is 4.47. The Morgan fingerprint density at radius 1 is 1.23 bits per heavy atom. The molecule has 3 rings (SSSR count). The van der Waals surface area contributed by atoms with Crippen LogP contribution in [-0.4, -0.2) is 48.4 Å². The summed E-state index contributed by atoms with van der Waals surface area (Å²) in [5.74, 6) is 1.54. The summed E-state index contributed by atoms with van der Waals surface area (Å²) in [5.41, 5.74) is 1.62. The third kappa shape index (κ3) is 7.06. The maximum atomic E-state index is 8.70. The fourth-order valence-electron chi connectivity index (χ4n) is 3.96. The standard InChI is InChI=1S/C23H31ClN6O/c1-16(15-31-2)28-17-7-9-18(10-8-17)29-23-13-19(20(24)14-27-23)21-5-3-6-22(30-21)26-12-4-11-25/h3,5-6,13-14,16-18,28H,4,7-10,12,15H2,1-2H3,(H,26,30)(H,27,29)/t16-,17?,18?/m1/s1. The zero-order valence-corrected chi connectivity index (χ0v) is 19.0. The lowest BCUT2D eigenvalue weighted by Crippen LogP contribution is -2.42. The molecular formula is C23H31ClN6O. The fourth-order valence-corrected chi connectivity index (χ4v) is 4.16. The molecule has 2 heterocycles. The van der Waals surface area contributed by atoms with Gasteiger partial charge in [-0.3, -0.25) is 0 Å². The summed E-state index contributed by atoms with van der Waals surface area (Å²) in [6.45, 7) is 3.46. The van der Waals surface area contributed by atoms with Crippen LogP contribution in [-0.2, 0) is 4.74 Å². The average molecular weight is 443 g/mol. The van der Waals surface area contributed by atoms with Crippen LogP contribution in [0.3, 0.4) is 0 Å². The Labute approximate surface area is 189 Å². The Kier molecular flexibility index (Phi) is 8.89. The highest BCUT2D eigenvalue weighted by Gasteiger charge is 2.22. The molecule has 0 bridgehead atoms. The summed E-state index contributed by atoms with van der Waals surface area (Å²) in [5, 5.41) is 19.6. The van der Waals surface area contributed by atoms with Crippen LogP contribution in [0.25, 0.3) is 11.3 Å². The monoisotopic (exact) mass is 442 g/mol. The van der Waals surface area contributed by atoms with Crippen molar-refractivity contribution in [3.63, 3.8) is 0 Å². The first-order valence-corrected chi connectivity index (χ1v) is 11.2. The van der Waals surface area contributed by atoms with E-state index in [0.717, 1.165) is 55.2 Å². The van der Waals surface area contributed by atoms with E-state index in [-0.39, 0.29) is 0 Å². The number of ether oxygens (including phenoxy) is 1. The topological polar surface area (TPSA) is 94.9 Å². The Balaban J connectivity index is 1.61. The minimum atomic E-state index is 0.373. The lowest BCUT2D eigenvalue weighted by Gasteiger charge is -2.31. The molecule has 3 N–H and O–H groups in total. The third-order valence-corrected chi connectivity index (χ3v) is 5.74. The summed E-state index contributed by atoms with van der Waals surface area (Å²) in [7, 11) is 1.74. The summed E-state index contributed by atoms with van der Waals surface area (Å²) >= 11 is 6.43. The molecular weight excluding hydrogens is 412 g/mol. The minimum absolute atomic E-state index is 0.373. The summed E-state index contributed by atoms with van der Waals surface area (Å²) in [6.07, 6.45) is 6.55. The van der Waals surface area contributed by atoms with Gasteiger partial charge in [-0.05, 0) is 50.8 Å². The molecule has 1 aliphatic rings. The quantitative estimate of drug-likeness (QED) is 0.467. The lowest BCUT2D eigenvalue weighted by atomic mass is 9.90. The molecule has 0 aliphatic heterocycles. The number of methoxy groups -OCH3 is 1. The molecule has 2 aromatic rings. The maximum Gasteiger partial charge on any atom is 0.126 e. The molecule has 1 fully saturated rings. The summed E-state index contributed by atoms with van der Waals surface area (Å²) in [4.78, 5) is 9.12. The number of nitriles is 1. The SMILES string of the molecule is COC[C@@H](C)NC1CCC(Nc2cc(-c3cccc(NCCC#N)n3)c(Cl)cn2)CC1. The van der Waals surface area contributed by atoms with E-state index in [1.165, 1.54) is 0 Å². The molecule has 1 saturated carbocycles. The second-order valence-corrected chi connectivity index (χ2v) is 8.42. The van der Waals surface area contributed by atoms with Crippen LogP contribution in [0, 0.1) is 11.3 Å². The molecule has 0 saturated heterocycles. The molecule has 1 aliphatic carbocycles. The number of aromatic nitrogens is 2. The van der Waals surface area contributed by atoms with E-state index < -0.39 is 0 Å². The van der Waals surface area contributed by atoms with Crippen LogP contribution in [0.15, 0.2) is 30.5 Å². The van der Waals surface area contributed by atoms with E-state index >= 15 is 0 Å². The molecule has 1 atom stereocenters. The van der Waals surface area contributed by atoms with E-state index in [1.54, 1.807) is 13.3 Å². The van der Waals surface area contributed by atoms with Crippen molar-refractivity contribution in [3.8, 4) is 17.3 Å². The number of pyridine rings is 2. The summed E-state index contributed by atoms with van der Waals surface area (Å²) < 4.78 is 5.22. The van der Waals surface area contributed by atoms with Gasteiger partial charge in [-0.15, -0.1) is 0 Å². The highest BCUT2D eigenvalue weighted by atomic mass is 35.5. The average Bonchev–Trinajstić information content (AvgIpc) is 2.77. The minimum Gasteiger partial charge on any atom is -0.383 e. The van der Waals surface area contributed by atoms with Crippen LogP contribution in [0.5, 0.6) is 0 Å². The highest BCUT2D eigenvalue weighted by molar-refractivity contribution is 6.33. The van der Waals surface area contributed by atoms with Gasteiger partial charge >= 0.3 is 0 Å². The molecule has 8 heteroatoms. The first kappa shape index (κ1) is 23.3. The van der Waals surface area contributed by atoms with Crippen LogP contribution >= 0.6 is 11.6 Å². The van der Waals surface area contributed by atoms with Crippen LogP contribution < -0.4 is 16.0 Å². The van der Waals surface area contributed by atoms with Gasteiger partial charge in [0.25, 0.3) is 0 Å². The van der Waals surface area contributed by atoms with E-state index in [2.05, 4.69) is 38.9 Å². The first-order valence-electron chi connectivity index (χ1n) is 10.8. The number of hydrogen-bond acceptors (Lipinski definition) is 7. The van der Waals surface area contributed by atoms with Crippen molar-refractivity contribution >= 4 is 23.2 Å². The van der Waals surface area contributed by atoms with Gasteiger partial charge in [-0.25, -0.2) is 9.97 Å². The van der Waals surface area contributed by atoms with Crippen molar-refractivity contribution in [2.24, 2.45) is 0 Å². The Bertz CT molecular complexity index is 879. The van der Waals surface area contributed by atoms with Crippen LogP contribution in [0.4, 0.5) is 11.6 Å². The predicted molar refractivity (Wildman–Crippen MR) is 125 cm³/mol. The van der Waals surface area contributed by atoms with E-state index in [4.69, 9.17) is 21.6 Å². The Morgan fingerprint density at radius 2 is 2.00 bits per heavy atom. The molecule has 0 radical (unpaired) electrons. The number of hydrogen-bond donors (Lipinski definition) is 3. The van der Waals surface area contributed by atoms with Gasteiger partial charge in [0.05, 0.1) is 29.8 Å². The van der Waals surface area contributed by atoms with Gasteiger partial charge in [-0.2, -0.15) is 5.26 Å². The van der Waals surface area contributed by atoms with E-state index in [1.807, 2.05) is 24.3 Å². The smallest absolute Gasteiger partial charge is 0.126 e. The van der Waals surface area contributed by atoms with E-state index in [9.17, 15) is 0 Å². The Morgan fingerprint density at radius 3 is 2.74 bits per heavy atom. The maximum absolute atomic E-state index is 8.70. The van der Waals surface area contributed by atoms with Crippen molar-refractivity contribution in [3.05, 3.63) is 35.5 Å². The second-order valence-electron chi connectivity index (χ2n) is 8.01. The molecule has 31 heavy (non-hydrogen) atoms. The zero-order chi connectivity index (χ0) is 22.1. The second kappa shape index (κ2) is 11.8. The fraction of sp³-hybridized carbons (Fsp3) is 0.522. The molecule has 0 unspecified atom stereocenters. The lowest BCUT2D eigenvalue weighted by molar-refractivity contribution is 0.161. The van der Waals surface area contributed by atoms with Gasteiger partial charge in [-0.1, -0.05) is 17.7 Å². The molecule has 0 spiro atoms.